The second-order valence-electron chi connectivity index (χ2n) is 6.11. The van der Waals surface area contributed by atoms with E-state index in [0.717, 1.165) is 14.5 Å². The summed E-state index contributed by atoms with van der Waals surface area (Å²) in [4.78, 5) is 16.4. The molecule has 0 atom stereocenters. The highest BCUT2D eigenvalue weighted by Crippen LogP contribution is 2.33. The van der Waals surface area contributed by atoms with Gasteiger partial charge in [0.05, 0.1) is 23.0 Å². The Bertz CT molecular complexity index is 1050. The van der Waals surface area contributed by atoms with Crippen molar-refractivity contribution in [3.05, 3.63) is 57.8 Å². The summed E-state index contributed by atoms with van der Waals surface area (Å²) >= 11 is 2.19. The van der Waals surface area contributed by atoms with Crippen LogP contribution in [-0.2, 0) is 4.79 Å². The summed E-state index contributed by atoms with van der Waals surface area (Å²) in [6.45, 7) is 4.74. The lowest BCUT2D eigenvalue weighted by atomic mass is 10.2. The van der Waals surface area contributed by atoms with Gasteiger partial charge < -0.3 is 14.2 Å². The average Bonchev–Trinajstić information content (AvgIpc) is 2.75. The Morgan fingerprint density at radius 1 is 1.10 bits per heavy atom. The number of para-hydroxylation sites is 1. The Labute approximate surface area is 188 Å². The Kier molecular flexibility index (Phi) is 7.83. The summed E-state index contributed by atoms with van der Waals surface area (Å²) in [6, 6.07) is 13.1. The summed E-state index contributed by atoms with van der Waals surface area (Å²) in [6.07, 6.45) is 3.24. The first-order valence-corrected chi connectivity index (χ1v) is 10.6. The van der Waals surface area contributed by atoms with Crippen LogP contribution in [0.4, 0.5) is 0 Å². The highest BCUT2D eigenvalue weighted by molar-refractivity contribution is 14.1. The largest absolute Gasteiger partial charge is 0.490 e. The van der Waals surface area contributed by atoms with Crippen molar-refractivity contribution < 1.29 is 19.0 Å². The molecule has 8 heteroatoms. The zero-order chi connectivity index (χ0) is 21.3. The molecule has 3 aromatic rings. The summed E-state index contributed by atoms with van der Waals surface area (Å²) < 4.78 is 17.8. The Balaban J connectivity index is 1.61. The van der Waals surface area contributed by atoms with E-state index >= 15 is 0 Å². The van der Waals surface area contributed by atoms with Crippen LogP contribution in [-0.4, -0.2) is 36.9 Å². The Morgan fingerprint density at radius 3 is 2.70 bits per heavy atom. The molecule has 0 spiro atoms. The number of ether oxygens (including phenoxy) is 3. The molecule has 1 aromatic heterocycles. The summed E-state index contributed by atoms with van der Waals surface area (Å²) in [7, 11) is 0. The lowest BCUT2D eigenvalue weighted by molar-refractivity contribution is -0.123. The third kappa shape index (κ3) is 5.59. The van der Waals surface area contributed by atoms with Crippen LogP contribution >= 0.6 is 22.6 Å². The monoisotopic (exact) mass is 519 g/mol. The lowest BCUT2D eigenvalue weighted by Gasteiger charge is -2.13. The van der Waals surface area contributed by atoms with Gasteiger partial charge in [-0.2, -0.15) is 5.10 Å². The molecule has 2 aromatic carbocycles. The predicted octanol–water partition coefficient (Wildman–Crippen LogP) is 4.17. The standard InChI is InChI=1S/C22H22IN3O4/c1-3-28-19-12-15(11-17(23)22(19)29-4-2)13-25-26-20(27)14-30-18-9-5-7-16-8-6-10-24-21(16)18/h5-13H,3-4,14H2,1-2H3,(H,26,27)/b25-13-. The minimum absolute atomic E-state index is 0.169. The number of carbonyl (C=O) groups is 1. The fourth-order valence-electron chi connectivity index (χ4n) is 2.76. The highest BCUT2D eigenvalue weighted by Gasteiger charge is 2.11. The van der Waals surface area contributed by atoms with E-state index in [1.165, 1.54) is 0 Å². The number of rotatable bonds is 9. The summed E-state index contributed by atoms with van der Waals surface area (Å²) in [5.74, 6) is 1.53. The van der Waals surface area contributed by atoms with Gasteiger partial charge in [0, 0.05) is 11.6 Å². The van der Waals surface area contributed by atoms with Crippen molar-refractivity contribution in [2.24, 2.45) is 5.10 Å². The van der Waals surface area contributed by atoms with E-state index in [4.69, 9.17) is 14.2 Å². The molecule has 0 radical (unpaired) electrons. The van der Waals surface area contributed by atoms with Crippen LogP contribution in [0, 0.1) is 3.57 Å². The number of amides is 1. The van der Waals surface area contributed by atoms with Gasteiger partial charge in [0.2, 0.25) is 0 Å². The van der Waals surface area contributed by atoms with Crippen LogP contribution in [0.25, 0.3) is 10.9 Å². The topological polar surface area (TPSA) is 82.0 Å². The molecule has 30 heavy (non-hydrogen) atoms. The van der Waals surface area contributed by atoms with Crippen molar-refractivity contribution in [1.29, 1.82) is 0 Å². The van der Waals surface area contributed by atoms with Gasteiger partial charge in [0.25, 0.3) is 5.91 Å². The Morgan fingerprint density at radius 2 is 1.90 bits per heavy atom. The molecule has 0 saturated heterocycles. The normalized spacial score (nSPS) is 10.9. The second kappa shape index (κ2) is 10.8. The smallest absolute Gasteiger partial charge is 0.277 e. The molecule has 7 nitrogen and oxygen atoms in total. The predicted molar refractivity (Wildman–Crippen MR) is 124 cm³/mol. The fraction of sp³-hybridized carbons (Fsp3) is 0.227. The molecule has 0 bridgehead atoms. The molecule has 0 saturated carbocycles. The third-order valence-electron chi connectivity index (χ3n) is 3.98. The molecule has 1 heterocycles. The van der Waals surface area contributed by atoms with Crippen LogP contribution in [0.15, 0.2) is 53.8 Å². The van der Waals surface area contributed by atoms with E-state index in [1.54, 1.807) is 18.5 Å². The average molecular weight is 519 g/mol. The van der Waals surface area contributed by atoms with Crippen LogP contribution in [0.2, 0.25) is 0 Å². The fourth-order valence-corrected chi connectivity index (χ4v) is 3.54. The molecule has 156 valence electrons. The minimum atomic E-state index is -0.371. The van der Waals surface area contributed by atoms with Crippen molar-refractivity contribution in [1.82, 2.24) is 10.4 Å². The molecule has 0 aliphatic rings. The van der Waals surface area contributed by atoms with Gasteiger partial charge in [0.15, 0.2) is 18.1 Å². The number of aromatic nitrogens is 1. The van der Waals surface area contributed by atoms with Gasteiger partial charge >= 0.3 is 0 Å². The lowest BCUT2D eigenvalue weighted by Crippen LogP contribution is -2.24. The number of hydrogen-bond acceptors (Lipinski definition) is 6. The van der Waals surface area contributed by atoms with Crippen molar-refractivity contribution >= 4 is 45.6 Å². The first kappa shape index (κ1) is 21.8. The molecular formula is C22H22IN3O4. The van der Waals surface area contributed by atoms with Crippen LogP contribution in [0.5, 0.6) is 17.2 Å². The van der Waals surface area contributed by atoms with E-state index in [0.29, 0.717) is 36.0 Å². The van der Waals surface area contributed by atoms with Gasteiger partial charge in [-0.15, -0.1) is 0 Å². The van der Waals surface area contributed by atoms with Gasteiger partial charge in [-0.1, -0.05) is 18.2 Å². The number of carbonyl (C=O) groups excluding carboxylic acids is 1. The maximum atomic E-state index is 12.1. The molecular weight excluding hydrogens is 497 g/mol. The number of hydrogen-bond donors (Lipinski definition) is 1. The number of nitrogens with one attached hydrogen (secondary N) is 1. The highest BCUT2D eigenvalue weighted by atomic mass is 127. The Hall–Kier alpha value is -2.88. The minimum Gasteiger partial charge on any atom is -0.490 e. The van der Waals surface area contributed by atoms with Gasteiger partial charge in [-0.05, 0) is 66.3 Å². The summed E-state index contributed by atoms with van der Waals surface area (Å²) in [5.41, 5.74) is 3.97. The summed E-state index contributed by atoms with van der Waals surface area (Å²) in [5, 5.41) is 4.96. The number of halogens is 1. The number of benzene rings is 2. The zero-order valence-electron chi connectivity index (χ0n) is 16.7. The molecule has 0 fully saturated rings. The number of fused-ring (bicyclic) bond motifs is 1. The quantitative estimate of drug-likeness (QED) is 0.261. The van der Waals surface area contributed by atoms with Crippen molar-refractivity contribution in [3.63, 3.8) is 0 Å². The molecule has 1 N–H and O–H groups in total. The first-order valence-electron chi connectivity index (χ1n) is 9.50. The number of pyridine rings is 1. The SMILES string of the molecule is CCOc1cc(/C=N\NC(=O)COc2cccc3cccnc23)cc(I)c1OCC. The van der Waals surface area contributed by atoms with Crippen LogP contribution in [0.1, 0.15) is 19.4 Å². The van der Waals surface area contributed by atoms with Crippen molar-refractivity contribution in [2.75, 3.05) is 19.8 Å². The van der Waals surface area contributed by atoms with Crippen molar-refractivity contribution in [2.45, 2.75) is 13.8 Å². The van der Waals surface area contributed by atoms with Gasteiger partial charge in [0.1, 0.15) is 11.3 Å². The van der Waals surface area contributed by atoms with Crippen molar-refractivity contribution in [3.8, 4) is 17.2 Å². The van der Waals surface area contributed by atoms with Crippen LogP contribution in [0.3, 0.4) is 0 Å². The molecule has 0 aliphatic heterocycles. The molecule has 1 amide bonds. The molecule has 0 unspecified atom stereocenters. The number of hydrazone groups is 1. The van der Waals surface area contributed by atoms with E-state index in [9.17, 15) is 4.79 Å². The maximum absolute atomic E-state index is 12.1. The molecule has 3 rings (SSSR count). The zero-order valence-corrected chi connectivity index (χ0v) is 18.9. The van der Waals surface area contributed by atoms with E-state index in [-0.39, 0.29) is 12.5 Å². The van der Waals surface area contributed by atoms with Gasteiger partial charge in [-0.25, -0.2) is 5.43 Å². The number of nitrogens with zero attached hydrogens (tertiary/aromatic N) is 2. The van der Waals surface area contributed by atoms with E-state index in [1.807, 2.05) is 50.2 Å². The first-order chi connectivity index (χ1) is 14.6. The van der Waals surface area contributed by atoms with Gasteiger partial charge in [-0.3, -0.25) is 9.78 Å². The third-order valence-corrected chi connectivity index (χ3v) is 4.78. The van der Waals surface area contributed by atoms with Crippen LogP contribution < -0.4 is 19.6 Å². The molecule has 0 aliphatic carbocycles. The van der Waals surface area contributed by atoms with E-state index in [2.05, 4.69) is 38.1 Å². The maximum Gasteiger partial charge on any atom is 0.277 e. The van der Waals surface area contributed by atoms with E-state index < -0.39 is 0 Å². The second-order valence-corrected chi connectivity index (χ2v) is 7.27.